The van der Waals surface area contributed by atoms with Gasteiger partial charge in [0.25, 0.3) is 0 Å². The van der Waals surface area contributed by atoms with Gasteiger partial charge >= 0.3 is 0 Å². The average molecular weight is 297 g/mol. The van der Waals surface area contributed by atoms with Crippen LogP contribution in [-0.4, -0.2) is 18.1 Å². The van der Waals surface area contributed by atoms with E-state index in [0.717, 1.165) is 30.6 Å². The van der Waals surface area contributed by atoms with Crippen molar-refractivity contribution in [1.29, 1.82) is 0 Å². The maximum atomic E-state index is 12.8. The van der Waals surface area contributed by atoms with Crippen LogP contribution in [0, 0.1) is 0 Å². The van der Waals surface area contributed by atoms with E-state index in [1.165, 1.54) is 0 Å². The molecule has 2 aromatic rings. The van der Waals surface area contributed by atoms with E-state index >= 15 is 0 Å². The number of carbonyl (C=O) groups is 1. The van der Waals surface area contributed by atoms with Gasteiger partial charge in [0.05, 0.1) is 12.5 Å². The highest BCUT2D eigenvalue weighted by Gasteiger charge is 2.47. The van der Waals surface area contributed by atoms with Crippen molar-refractivity contribution >= 4 is 11.6 Å². The van der Waals surface area contributed by atoms with E-state index in [0.29, 0.717) is 5.69 Å². The molecule has 1 fully saturated rings. The van der Waals surface area contributed by atoms with Crippen molar-refractivity contribution in [1.82, 2.24) is 0 Å². The molecule has 0 unspecified atom stereocenters. The van der Waals surface area contributed by atoms with Crippen LogP contribution in [0.2, 0.25) is 0 Å². The van der Waals surface area contributed by atoms with Crippen LogP contribution >= 0.6 is 0 Å². The zero-order valence-corrected chi connectivity index (χ0v) is 12.5. The SMILES string of the molecule is COc1ccccc1C1(C(=O)Nc2ccc(O)cc2)CCC1. The number of hydrogen-bond acceptors (Lipinski definition) is 3. The van der Waals surface area contributed by atoms with E-state index in [-0.39, 0.29) is 11.7 Å². The molecule has 22 heavy (non-hydrogen) atoms. The van der Waals surface area contributed by atoms with E-state index in [1.807, 2.05) is 24.3 Å². The lowest BCUT2D eigenvalue weighted by molar-refractivity contribution is -0.124. The van der Waals surface area contributed by atoms with Crippen LogP contribution in [0.25, 0.3) is 0 Å². The molecule has 114 valence electrons. The zero-order chi connectivity index (χ0) is 15.6. The highest BCUT2D eigenvalue weighted by molar-refractivity contribution is 6.00. The largest absolute Gasteiger partial charge is 0.508 e. The minimum Gasteiger partial charge on any atom is -0.508 e. The number of aromatic hydroxyl groups is 1. The Morgan fingerprint density at radius 1 is 1.14 bits per heavy atom. The number of amides is 1. The second kappa shape index (κ2) is 5.72. The summed E-state index contributed by atoms with van der Waals surface area (Å²) in [5.41, 5.74) is 1.11. The van der Waals surface area contributed by atoms with Gasteiger partial charge in [-0.3, -0.25) is 4.79 Å². The number of anilines is 1. The molecular weight excluding hydrogens is 278 g/mol. The molecule has 0 aromatic heterocycles. The zero-order valence-electron chi connectivity index (χ0n) is 12.5. The molecule has 0 bridgehead atoms. The topological polar surface area (TPSA) is 58.6 Å². The van der Waals surface area contributed by atoms with Gasteiger partial charge in [0.15, 0.2) is 0 Å². The van der Waals surface area contributed by atoms with Crippen molar-refractivity contribution in [2.75, 3.05) is 12.4 Å². The molecule has 4 heteroatoms. The van der Waals surface area contributed by atoms with Crippen molar-refractivity contribution in [3.63, 3.8) is 0 Å². The third kappa shape index (κ3) is 2.41. The summed E-state index contributed by atoms with van der Waals surface area (Å²) in [4.78, 5) is 12.8. The molecular formula is C18H19NO3. The van der Waals surface area contributed by atoms with Crippen molar-refractivity contribution in [3.8, 4) is 11.5 Å². The Morgan fingerprint density at radius 3 is 2.41 bits per heavy atom. The van der Waals surface area contributed by atoms with Gasteiger partial charge in [-0.05, 0) is 43.2 Å². The third-order valence-electron chi connectivity index (χ3n) is 4.39. The first kappa shape index (κ1) is 14.4. The van der Waals surface area contributed by atoms with Crippen molar-refractivity contribution in [3.05, 3.63) is 54.1 Å². The fourth-order valence-corrected chi connectivity index (χ4v) is 2.98. The summed E-state index contributed by atoms with van der Waals surface area (Å²) in [6.45, 7) is 0. The number of para-hydroxylation sites is 1. The standard InChI is InChI=1S/C18H19NO3/c1-22-16-6-3-2-5-15(16)18(11-4-12-18)17(21)19-13-7-9-14(20)10-8-13/h2-3,5-10,20H,4,11-12H2,1H3,(H,19,21). The number of phenols is 1. The van der Waals surface area contributed by atoms with Crippen LogP contribution in [-0.2, 0) is 10.2 Å². The second-order valence-corrected chi connectivity index (χ2v) is 5.64. The molecule has 2 aromatic carbocycles. The third-order valence-corrected chi connectivity index (χ3v) is 4.39. The first-order valence-corrected chi connectivity index (χ1v) is 7.40. The van der Waals surface area contributed by atoms with Crippen molar-refractivity contribution < 1.29 is 14.6 Å². The van der Waals surface area contributed by atoms with Crippen LogP contribution < -0.4 is 10.1 Å². The summed E-state index contributed by atoms with van der Waals surface area (Å²) in [7, 11) is 1.63. The Labute approximate surface area is 129 Å². The number of rotatable bonds is 4. The quantitative estimate of drug-likeness (QED) is 0.850. The Morgan fingerprint density at radius 2 is 1.82 bits per heavy atom. The molecule has 1 aliphatic rings. The summed E-state index contributed by atoms with van der Waals surface area (Å²) in [6, 6.07) is 14.2. The van der Waals surface area contributed by atoms with Crippen LogP contribution in [0.15, 0.2) is 48.5 Å². The van der Waals surface area contributed by atoms with Gasteiger partial charge in [-0.2, -0.15) is 0 Å². The van der Waals surface area contributed by atoms with Gasteiger partial charge in [0.2, 0.25) is 5.91 Å². The number of phenolic OH excluding ortho intramolecular Hbond substituents is 1. The van der Waals surface area contributed by atoms with E-state index in [4.69, 9.17) is 4.74 Å². The molecule has 1 saturated carbocycles. The normalized spacial score (nSPS) is 15.7. The van der Waals surface area contributed by atoms with Crippen LogP contribution in [0.4, 0.5) is 5.69 Å². The number of hydrogen-bond donors (Lipinski definition) is 2. The van der Waals surface area contributed by atoms with Crippen LogP contribution in [0.1, 0.15) is 24.8 Å². The molecule has 3 rings (SSSR count). The van der Waals surface area contributed by atoms with Gasteiger partial charge in [-0.15, -0.1) is 0 Å². The summed E-state index contributed by atoms with van der Waals surface area (Å²) in [5.74, 6) is 0.915. The maximum absolute atomic E-state index is 12.8. The molecule has 0 atom stereocenters. The minimum atomic E-state index is -0.523. The maximum Gasteiger partial charge on any atom is 0.235 e. The smallest absolute Gasteiger partial charge is 0.235 e. The number of benzene rings is 2. The van der Waals surface area contributed by atoms with Crippen LogP contribution in [0.5, 0.6) is 11.5 Å². The highest BCUT2D eigenvalue weighted by Crippen LogP contribution is 2.47. The van der Waals surface area contributed by atoms with Gasteiger partial charge in [0, 0.05) is 11.3 Å². The summed E-state index contributed by atoms with van der Waals surface area (Å²) < 4.78 is 5.43. The summed E-state index contributed by atoms with van der Waals surface area (Å²) >= 11 is 0. The molecule has 0 aliphatic heterocycles. The fourth-order valence-electron chi connectivity index (χ4n) is 2.98. The molecule has 0 saturated heterocycles. The van der Waals surface area contributed by atoms with E-state index in [2.05, 4.69) is 5.32 Å². The van der Waals surface area contributed by atoms with E-state index in [1.54, 1.807) is 31.4 Å². The number of nitrogens with one attached hydrogen (secondary N) is 1. The lowest BCUT2D eigenvalue weighted by Gasteiger charge is -2.41. The summed E-state index contributed by atoms with van der Waals surface area (Å²) in [5, 5.41) is 12.3. The molecule has 1 amide bonds. The predicted molar refractivity (Wildman–Crippen MR) is 85.3 cm³/mol. The molecule has 0 radical (unpaired) electrons. The van der Waals surface area contributed by atoms with Crippen molar-refractivity contribution in [2.24, 2.45) is 0 Å². The van der Waals surface area contributed by atoms with Gasteiger partial charge < -0.3 is 15.2 Å². The number of ether oxygens (including phenoxy) is 1. The molecule has 0 spiro atoms. The van der Waals surface area contributed by atoms with E-state index in [9.17, 15) is 9.90 Å². The number of methoxy groups -OCH3 is 1. The average Bonchev–Trinajstić information content (AvgIpc) is 2.49. The Kier molecular flexibility index (Phi) is 3.75. The first-order chi connectivity index (χ1) is 10.7. The Bertz CT molecular complexity index is 675. The summed E-state index contributed by atoms with van der Waals surface area (Å²) in [6.07, 6.45) is 2.66. The Balaban J connectivity index is 1.89. The van der Waals surface area contributed by atoms with Crippen LogP contribution in [0.3, 0.4) is 0 Å². The van der Waals surface area contributed by atoms with Gasteiger partial charge in [-0.25, -0.2) is 0 Å². The minimum absolute atomic E-state index is 0.0195. The predicted octanol–water partition coefficient (Wildman–Crippen LogP) is 3.46. The van der Waals surface area contributed by atoms with Gasteiger partial charge in [-0.1, -0.05) is 24.6 Å². The lowest BCUT2D eigenvalue weighted by Crippen LogP contribution is -2.46. The van der Waals surface area contributed by atoms with Crippen molar-refractivity contribution in [2.45, 2.75) is 24.7 Å². The molecule has 1 aliphatic carbocycles. The van der Waals surface area contributed by atoms with Gasteiger partial charge in [0.1, 0.15) is 11.5 Å². The highest BCUT2D eigenvalue weighted by atomic mass is 16.5. The molecule has 4 nitrogen and oxygen atoms in total. The monoisotopic (exact) mass is 297 g/mol. The van der Waals surface area contributed by atoms with E-state index < -0.39 is 5.41 Å². The Hall–Kier alpha value is -2.49. The molecule has 2 N–H and O–H groups in total. The second-order valence-electron chi connectivity index (χ2n) is 5.64. The molecule has 0 heterocycles. The fraction of sp³-hybridized carbons (Fsp3) is 0.278. The number of carbonyl (C=O) groups excluding carboxylic acids is 1. The first-order valence-electron chi connectivity index (χ1n) is 7.40. The lowest BCUT2D eigenvalue weighted by atomic mass is 9.63.